The lowest BCUT2D eigenvalue weighted by atomic mass is 10.2. The van der Waals surface area contributed by atoms with E-state index in [0.717, 1.165) is 0 Å². The number of nitrogens with zero attached hydrogens (tertiary/aromatic N) is 1. The number of esters is 1. The van der Waals surface area contributed by atoms with Crippen molar-refractivity contribution in [1.29, 1.82) is 0 Å². The van der Waals surface area contributed by atoms with Crippen LogP contribution in [0.2, 0.25) is 0 Å². The fourth-order valence-electron chi connectivity index (χ4n) is 1.96. The summed E-state index contributed by atoms with van der Waals surface area (Å²) in [6.45, 7) is -0.145. The zero-order chi connectivity index (χ0) is 18.2. The van der Waals surface area contributed by atoms with Crippen LogP contribution < -0.4 is 5.32 Å². The summed E-state index contributed by atoms with van der Waals surface area (Å²) in [6.07, 6.45) is -0.0762. The Morgan fingerprint density at radius 2 is 1.80 bits per heavy atom. The fraction of sp³-hybridized carbons (Fsp3) is 0.176. The van der Waals surface area contributed by atoms with Crippen LogP contribution in [0.4, 0.5) is 10.1 Å². The third-order valence-corrected chi connectivity index (χ3v) is 3.30. The molecule has 0 bridgehead atoms. The van der Waals surface area contributed by atoms with E-state index in [1.165, 1.54) is 42.5 Å². The number of benzene rings is 2. The van der Waals surface area contributed by atoms with Crippen LogP contribution in [0.15, 0.2) is 48.5 Å². The van der Waals surface area contributed by atoms with Crippen molar-refractivity contribution in [3.8, 4) is 0 Å². The van der Waals surface area contributed by atoms with Crippen molar-refractivity contribution in [3.05, 3.63) is 75.6 Å². The smallest absolute Gasteiger partial charge is 0.307 e. The Morgan fingerprint density at radius 1 is 1.12 bits per heavy atom. The molecule has 0 heterocycles. The minimum Gasteiger partial charge on any atom is -0.461 e. The van der Waals surface area contributed by atoms with Crippen molar-refractivity contribution in [2.75, 3.05) is 6.54 Å². The summed E-state index contributed by atoms with van der Waals surface area (Å²) >= 11 is 0. The zero-order valence-electron chi connectivity index (χ0n) is 13.1. The molecule has 25 heavy (non-hydrogen) atoms. The summed E-state index contributed by atoms with van der Waals surface area (Å²) in [6, 6.07) is 11.0. The number of halogens is 1. The Hall–Kier alpha value is -3.29. The van der Waals surface area contributed by atoms with Crippen molar-refractivity contribution < 1.29 is 23.6 Å². The monoisotopic (exact) mass is 346 g/mol. The average Bonchev–Trinajstić information content (AvgIpc) is 2.61. The molecule has 0 radical (unpaired) electrons. The van der Waals surface area contributed by atoms with Crippen LogP contribution in [0.3, 0.4) is 0 Å². The number of carbonyl (C=O) groups excluding carboxylic acids is 2. The number of nitro groups is 1. The fourth-order valence-corrected chi connectivity index (χ4v) is 1.96. The van der Waals surface area contributed by atoms with Gasteiger partial charge in [-0.1, -0.05) is 18.2 Å². The second-order valence-corrected chi connectivity index (χ2v) is 5.06. The maximum absolute atomic E-state index is 13.4. The topological polar surface area (TPSA) is 98.5 Å². The van der Waals surface area contributed by atoms with Crippen molar-refractivity contribution in [2.45, 2.75) is 13.0 Å². The molecule has 8 heteroatoms. The first-order valence-electron chi connectivity index (χ1n) is 7.39. The predicted molar refractivity (Wildman–Crippen MR) is 86.2 cm³/mol. The third kappa shape index (κ3) is 5.38. The van der Waals surface area contributed by atoms with Crippen LogP contribution in [-0.4, -0.2) is 23.3 Å². The van der Waals surface area contributed by atoms with Crippen LogP contribution in [-0.2, 0) is 16.1 Å². The first kappa shape index (κ1) is 18.1. The summed E-state index contributed by atoms with van der Waals surface area (Å²) in [5.41, 5.74) is 0.393. The van der Waals surface area contributed by atoms with Crippen molar-refractivity contribution >= 4 is 17.6 Å². The molecule has 1 amide bonds. The number of rotatable bonds is 7. The van der Waals surface area contributed by atoms with Crippen LogP contribution >= 0.6 is 0 Å². The molecule has 1 N–H and O–H groups in total. The van der Waals surface area contributed by atoms with Crippen molar-refractivity contribution in [2.24, 2.45) is 0 Å². The Morgan fingerprint density at radius 3 is 2.44 bits per heavy atom. The Kier molecular flexibility index (Phi) is 6.16. The van der Waals surface area contributed by atoms with Gasteiger partial charge < -0.3 is 10.1 Å². The van der Waals surface area contributed by atoms with E-state index in [9.17, 15) is 24.1 Å². The lowest BCUT2D eigenvalue weighted by Gasteiger charge is -2.07. The number of amides is 1. The SMILES string of the molecule is O=C(CCNC(=O)c1ccc([N+](=O)[O-])cc1)OCc1ccccc1F. The Labute approximate surface area is 142 Å². The molecule has 130 valence electrons. The van der Waals surface area contributed by atoms with Gasteiger partial charge in [-0.15, -0.1) is 0 Å². The second-order valence-electron chi connectivity index (χ2n) is 5.06. The quantitative estimate of drug-likeness (QED) is 0.472. The van der Waals surface area contributed by atoms with Gasteiger partial charge in [0.2, 0.25) is 0 Å². The molecule has 0 fully saturated rings. The highest BCUT2D eigenvalue weighted by molar-refractivity contribution is 5.94. The van der Waals surface area contributed by atoms with Crippen LogP contribution in [0.1, 0.15) is 22.3 Å². The average molecular weight is 346 g/mol. The molecule has 2 aromatic carbocycles. The van der Waals surface area contributed by atoms with E-state index in [1.807, 2.05) is 0 Å². The molecular weight excluding hydrogens is 331 g/mol. The molecule has 0 atom stereocenters. The molecule has 0 spiro atoms. The van der Waals surface area contributed by atoms with E-state index >= 15 is 0 Å². The van der Waals surface area contributed by atoms with Crippen LogP contribution in [0.5, 0.6) is 0 Å². The van der Waals surface area contributed by atoms with Gasteiger partial charge in [-0.2, -0.15) is 0 Å². The van der Waals surface area contributed by atoms with Crippen LogP contribution in [0.25, 0.3) is 0 Å². The molecule has 0 aliphatic heterocycles. The molecule has 0 unspecified atom stereocenters. The summed E-state index contributed by atoms with van der Waals surface area (Å²) in [4.78, 5) is 33.4. The largest absolute Gasteiger partial charge is 0.461 e. The summed E-state index contributed by atoms with van der Waals surface area (Å²) in [5.74, 6) is -1.49. The van der Waals surface area contributed by atoms with Gasteiger partial charge in [0.05, 0.1) is 11.3 Å². The van der Waals surface area contributed by atoms with Gasteiger partial charge in [0.1, 0.15) is 12.4 Å². The van der Waals surface area contributed by atoms with Gasteiger partial charge in [0.25, 0.3) is 11.6 Å². The summed E-state index contributed by atoms with van der Waals surface area (Å²) in [7, 11) is 0. The Bertz CT molecular complexity index is 777. The van der Waals surface area contributed by atoms with Crippen LogP contribution in [0, 0.1) is 15.9 Å². The minimum absolute atomic E-state index is 0.0337. The number of ether oxygens (including phenoxy) is 1. The highest BCUT2D eigenvalue weighted by Crippen LogP contribution is 2.12. The maximum atomic E-state index is 13.4. The number of hydrogen-bond acceptors (Lipinski definition) is 5. The summed E-state index contributed by atoms with van der Waals surface area (Å²) < 4.78 is 18.3. The number of nitro benzene ring substituents is 1. The van der Waals surface area contributed by atoms with Gasteiger partial charge in [0.15, 0.2) is 0 Å². The molecule has 0 saturated heterocycles. The molecule has 0 aliphatic carbocycles. The highest BCUT2D eigenvalue weighted by Gasteiger charge is 2.11. The second kappa shape index (κ2) is 8.53. The number of hydrogen-bond donors (Lipinski definition) is 1. The van der Waals surface area contributed by atoms with Gasteiger partial charge in [-0.05, 0) is 18.2 Å². The minimum atomic E-state index is -0.577. The zero-order valence-corrected chi connectivity index (χ0v) is 13.1. The van der Waals surface area contributed by atoms with E-state index in [0.29, 0.717) is 0 Å². The summed E-state index contributed by atoms with van der Waals surface area (Å²) in [5, 5.41) is 13.0. The molecule has 7 nitrogen and oxygen atoms in total. The molecule has 2 rings (SSSR count). The Balaban J connectivity index is 1.74. The molecule has 2 aromatic rings. The molecule has 0 aromatic heterocycles. The third-order valence-electron chi connectivity index (χ3n) is 3.30. The first-order chi connectivity index (χ1) is 12.0. The van der Waals surface area contributed by atoms with E-state index < -0.39 is 22.6 Å². The molecule has 0 saturated carbocycles. The van der Waals surface area contributed by atoms with Gasteiger partial charge in [-0.25, -0.2) is 4.39 Å². The van der Waals surface area contributed by atoms with Gasteiger partial charge in [-0.3, -0.25) is 19.7 Å². The standard InChI is InChI=1S/C17H15FN2O5/c18-15-4-2-1-3-13(15)11-25-16(21)9-10-19-17(22)12-5-7-14(8-6-12)20(23)24/h1-8H,9-11H2,(H,19,22). The van der Waals surface area contributed by atoms with E-state index in [-0.39, 0.29) is 36.4 Å². The molecule has 0 aliphatic rings. The normalized spacial score (nSPS) is 10.1. The number of nitrogens with one attached hydrogen (secondary N) is 1. The van der Waals surface area contributed by atoms with Crippen molar-refractivity contribution in [1.82, 2.24) is 5.32 Å². The lowest BCUT2D eigenvalue weighted by molar-refractivity contribution is -0.384. The van der Waals surface area contributed by atoms with Gasteiger partial charge >= 0.3 is 5.97 Å². The van der Waals surface area contributed by atoms with E-state index in [2.05, 4.69) is 5.32 Å². The highest BCUT2D eigenvalue weighted by atomic mass is 19.1. The predicted octanol–water partition coefficient (Wildman–Crippen LogP) is 2.60. The van der Waals surface area contributed by atoms with Crippen molar-refractivity contribution in [3.63, 3.8) is 0 Å². The first-order valence-corrected chi connectivity index (χ1v) is 7.39. The number of carbonyl (C=O) groups is 2. The molecular formula is C17H15FN2O5. The lowest BCUT2D eigenvalue weighted by Crippen LogP contribution is -2.26. The van der Waals surface area contributed by atoms with E-state index in [1.54, 1.807) is 6.07 Å². The maximum Gasteiger partial charge on any atom is 0.307 e. The van der Waals surface area contributed by atoms with E-state index in [4.69, 9.17) is 4.74 Å². The van der Waals surface area contributed by atoms with Gasteiger partial charge in [0, 0.05) is 29.8 Å². The number of non-ortho nitro benzene ring substituents is 1.